The van der Waals surface area contributed by atoms with Crippen LogP contribution in [0.1, 0.15) is 19.8 Å². The van der Waals surface area contributed by atoms with Crippen molar-refractivity contribution in [2.24, 2.45) is 5.92 Å². The Hall–Kier alpha value is -1.14. The van der Waals surface area contributed by atoms with E-state index in [4.69, 9.17) is 0 Å². The molecule has 1 heterocycles. The van der Waals surface area contributed by atoms with Gasteiger partial charge in [0.25, 0.3) is 0 Å². The van der Waals surface area contributed by atoms with Crippen LogP contribution in [0.3, 0.4) is 0 Å². The van der Waals surface area contributed by atoms with E-state index < -0.39 is 10.0 Å². The molecular formula is C12H19N3O2S. The van der Waals surface area contributed by atoms with Crippen LogP contribution >= 0.6 is 0 Å². The van der Waals surface area contributed by atoms with Crippen LogP contribution in [0.15, 0.2) is 23.2 Å². The molecule has 18 heavy (non-hydrogen) atoms. The first kappa shape index (κ1) is 13.3. The van der Waals surface area contributed by atoms with Crippen molar-refractivity contribution in [2.75, 3.05) is 19.4 Å². The highest BCUT2D eigenvalue weighted by molar-refractivity contribution is 7.89. The molecule has 1 aromatic rings. The minimum atomic E-state index is -3.38. The lowest BCUT2D eigenvalue weighted by Crippen LogP contribution is -2.22. The number of rotatable bonds is 5. The van der Waals surface area contributed by atoms with Crippen LogP contribution in [-0.2, 0) is 10.0 Å². The summed E-state index contributed by atoms with van der Waals surface area (Å²) in [7, 11) is -0.356. The summed E-state index contributed by atoms with van der Waals surface area (Å²) in [5.41, 5.74) is 0. The van der Waals surface area contributed by atoms with Crippen LogP contribution in [0.5, 0.6) is 0 Å². The molecule has 5 nitrogen and oxygen atoms in total. The van der Waals surface area contributed by atoms with Gasteiger partial charge < -0.3 is 5.32 Å². The van der Waals surface area contributed by atoms with E-state index in [0.29, 0.717) is 6.04 Å². The zero-order valence-electron chi connectivity index (χ0n) is 10.9. The Morgan fingerprint density at radius 2 is 2.17 bits per heavy atom. The molecule has 1 saturated carbocycles. The zero-order valence-corrected chi connectivity index (χ0v) is 11.7. The third-order valence-corrected chi connectivity index (χ3v) is 5.09. The lowest BCUT2D eigenvalue weighted by molar-refractivity contribution is 0.520. The highest BCUT2D eigenvalue weighted by atomic mass is 32.2. The quantitative estimate of drug-likeness (QED) is 0.881. The van der Waals surface area contributed by atoms with Crippen molar-refractivity contribution in [3.05, 3.63) is 18.3 Å². The summed E-state index contributed by atoms with van der Waals surface area (Å²) >= 11 is 0. The van der Waals surface area contributed by atoms with E-state index in [0.717, 1.165) is 11.7 Å². The van der Waals surface area contributed by atoms with Crippen molar-refractivity contribution in [3.8, 4) is 0 Å². The summed E-state index contributed by atoms with van der Waals surface area (Å²) in [5, 5.41) is 3.31. The molecule has 1 fully saturated rings. The predicted molar refractivity (Wildman–Crippen MR) is 70.9 cm³/mol. The van der Waals surface area contributed by atoms with Crippen molar-refractivity contribution in [2.45, 2.75) is 30.7 Å². The fourth-order valence-electron chi connectivity index (χ4n) is 1.89. The van der Waals surface area contributed by atoms with Gasteiger partial charge in [0, 0.05) is 26.3 Å². The molecule has 0 spiro atoms. The molecule has 2 rings (SSSR count). The van der Waals surface area contributed by atoms with Gasteiger partial charge in [-0.2, -0.15) is 0 Å². The van der Waals surface area contributed by atoms with Crippen molar-refractivity contribution >= 4 is 15.8 Å². The number of aromatic nitrogens is 1. The number of hydrogen-bond acceptors (Lipinski definition) is 4. The van der Waals surface area contributed by atoms with E-state index in [9.17, 15) is 8.42 Å². The molecule has 0 radical (unpaired) electrons. The third-order valence-electron chi connectivity index (χ3n) is 3.30. The van der Waals surface area contributed by atoms with Crippen LogP contribution < -0.4 is 5.32 Å². The molecule has 0 aromatic carbocycles. The second kappa shape index (κ2) is 4.85. The summed E-state index contributed by atoms with van der Waals surface area (Å²) < 4.78 is 24.9. The fraction of sp³-hybridized carbons (Fsp3) is 0.583. The van der Waals surface area contributed by atoms with Gasteiger partial charge in [0.05, 0.1) is 0 Å². The molecule has 1 N–H and O–H groups in total. The molecule has 0 aliphatic heterocycles. The van der Waals surface area contributed by atoms with Gasteiger partial charge in [-0.25, -0.2) is 17.7 Å². The lowest BCUT2D eigenvalue weighted by Gasteiger charge is -2.11. The van der Waals surface area contributed by atoms with Gasteiger partial charge >= 0.3 is 0 Å². The largest absolute Gasteiger partial charge is 0.367 e. The van der Waals surface area contributed by atoms with Crippen molar-refractivity contribution in [3.63, 3.8) is 0 Å². The van der Waals surface area contributed by atoms with Crippen molar-refractivity contribution < 1.29 is 8.42 Å². The topological polar surface area (TPSA) is 62.3 Å². The summed E-state index contributed by atoms with van der Waals surface area (Å²) in [6, 6.07) is 3.81. The smallest absolute Gasteiger partial charge is 0.244 e. The summed E-state index contributed by atoms with van der Waals surface area (Å²) in [5.74, 6) is 1.48. The van der Waals surface area contributed by atoms with Gasteiger partial charge in [-0.15, -0.1) is 0 Å². The number of anilines is 1. The molecule has 1 aliphatic rings. The maximum Gasteiger partial charge on any atom is 0.244 e. The van der Waals surface area contributed by atoms with Gasteiger partial charge in [0.15, 0.2) is 0 Å². The van der Waals surface area contributed by atoms with Crippen LogP contribution in [0.25, 0.3) is 0 Å². The van der Waals surface area contributed by atoms with Crippen LogP contribution in [0.4, 0.5) is 5.82 Å². The number of pyridine rings is 1. The van der Waals surface area contributed by atoms with E-state index in [-0.39, 0.29) is 4.90 Å². The maximum absolute atomic E-state index is 11.8. The standard InChI is InChI=1S/C12H19N3O2S/c1-4-9-7-11(9)14-12-6-5-10(8-13-12)18(16,17)15(2)3/h5-6,8-9,11H,4,7H2,1-3H3,(H,13,14). The molecule has 0 bridgehead atoms. The SMILES string of the molecule is CCC1CC1Nc1ccc(S(=O)(=O)N(C)C)cn1. The summed E-state index contributed by atoms with van der Waals surface area (Å²) in [6.45, 7) is 2.17. The van der Waals surface area contributed by atoms with Crippen molar-refractivity contribution in [1.82, 2.24) is 9.29 Å². The molecule has 1 aliphatic carbocycles. The van der Waals surface area contributed by atoms with E-state index in [1.165, 1.54) is 37.4 Å². The molecule has 100 valence electrons. The van der Waals surface area contributed by atoms with Gasteiger partial charge in [-0.1, -0.05) is 13.3 Å². The van der Waals surface area contributed by atoms with Gasteiger partial charge in [-0.05, 0) is 24.5 Å². The molecule has 6 heteroatoms. The minimum absolute atomic E-state index is 0.223. The van der Waals surface area contributed by atoms with Gasteiger partial charge in [0.1, 0.15) is 10.7 Å². The highest BCUT2D eigenvalue weighted by Crippen LogP contribution is 2.35. The lowest BCUT2D eigenvalue weighted by atomic mass is 10.3. The Balaban J connectivity index is 2.07. The Morgan fingerprint density at radius 1 is 1.44 bits per heavy atom. The molecule has 2 unspecified atom stereocenters. The van der Waals surface area contributed by atoms with Crippen LogP contribution in [0.2, 0.25) is 0 Å². The second-order valence-corrected chi connectivity index (χ2v) is 6.97. The predicted octanol–water partition coefficient (Wildman–Crippen LogP) is 1.54. The summed E-state index contributed by atoms with van der Waals surface area (Å²) in [6.07, 6.45) is 3.75. The number of nitrogens with zero attached hydrogens (tertiary/aromatic N) is 2. The zero-order chi connectivity index (χ0) is 13.3. The van der Waals surface area contributed by atoms with E-state index in [1.54, 1.807) is 12.1 Å². The number of sulfonamides is 1. The van der Waals surface area contributed by atoms with Crippen LogP contribution in [-0.4, -0.2) is 37.8 Å². The Kier molecular flexibility index (Phi) is 3.59. The fourth-order valence-corrected chi connectivity index (χ4v) is 2.74. The first-order valence-corrected chi connectivity index (χ1v) is 7.54. The molecule has 2 atom stereocenters. The van der Waals surface area contributed by atoms with E-state index in [2.05, 4.69) is 17.2 Å². The molecule has 0 saturated heterocycles. The third kappa shape index (κ3) is 2.64. The first-order valence-electron chi connectivity index (χ1n) is 6.10. The first-order chi connectivity index (χ1) is 8.45. The van der Waals surface area contributed by atoms with Gasteiger partial charge in [0.2, 0.25) is 10.0 Å². The van der Waals surface area contributed by atoms with E-state index in [1.807, 2.05) is 0 Å². The minimum Gasteiger partial charge on any atom is -0.367 e. The number of hydrogen-bond donors (Lipinski definition) is 1. The number of nitrogens with one attached hydrogen (secondary N) is 1. The normalized spacial score (nSPS) is 23.1. The summed E-state index contributed by atoms with van der Waals surface area (Å²) in [4.78, 5) is 4.38. The molecule has 1 aromatic heterocycles. The average molecular weight is 269 g/mol. The molecular weight excluding hydrogens is 250 g/mol. The monoisotopic (exact) mass is 269 g/mol. The Morgan fingerprint density at radius 3 is 2.61 bits per heavy atom. The van der Waals surface area contributed by atoms with Crippen molar-refractivity contribution in [1.29, 1.82) is 0 Å². The highest BCUT2D eigenvalue weighted by Gasteiger charge is 2.35. The average Bonchev–Trinajstić information content (AvgIpc) is 3.08. The second-order valence-electron chi connectivity index (χ2n) is 4.82. The van der Waals surface area contributed by atoms with Gasteiger partial charge in [-0.3, -0.25) is 0 Å². The maximum atomic E-state index is 11.8. The Bertz CT molecular complexity index is 511. The Labute approximate surface area is 108 Å². The van der Waals surface area contributed by atoms with Crippen LogP contribution in [0, 0.1) is 5.92 Å². The molecule has 0 amide bonds. The van der Waals surface area contributed by atoms with E-state index >= 15 is 0 Å².